The molecule has 0 saturated carbocycles. The van der Waals surface area contributed by atoms with Crippen molar-refractivity contribution < 1.29 is 9.13 Å². The van der Waals surface area contributed by atoms with Crippen molar-refractivity contribution in [3.05, 3.63) is 65.5 Å². The fourth-order valence-electron chi connectivity index (χ4n) is 1.53. The zero-order valence-corrected chi connectivity index (χ0v) is 9.11. The minimum absolute atomic E-state index is 0.261. The molecule has 0 saturated heterocycles. The van der Waals surface area contributed by atoms with E-state index < -0.39 is 0 Å². The number of benzene rings is 2. The zero-order chi connectivity index (χ0) is 11.4. The van der Waals surface area contributed by atoms with Crippen molar-refractivity contribution in [3.63, 3.8) is 0 Å². The van der Waals surface area contributed by atoms with Crippen molar-refractivity contribution in [1.29, 1.82) is 0 Å². The normalized spacial score (nSPS) is 10.1. The van der Waals surface area contributed by atoms with Crippen LogP contribution in [0.1, 0.15) is 11.1 Å². The summed E-state index contributed by atoms with van der Waals surface area (Å²) in [6.07, 6.45) is 0. The number of halogens is 1. The van der Waals surface area contributed by atoms with E-state index in [0.717, 1.165) is 11.1 Å². The molecular weight excluding hydrogens is 203 g/mol. The number of ether oxygens (including phenoxy) is 1. The first-order valence-corrected chi connectivity index (χ1v) is 5.18. The molecule has 2 aromatic rings. The van der Waals surface area contributed by atoms with Crippen LogP contribution in [-0.2, 0) is 6.61 Å². The molecule has 0 atom stereocenters. The first kappa shape index (κ1) is 10.7. The topological polar surface area (TPSA) is 9.23 Å². The summed E-state index contributed by atoms with van der Waals surface area (Å²) >= 11 is 0. The van der Waals surface area contributed by atoms with Gasteiger partial charge >= 0.3 is 0 Å². The molecular formula is C14H13FO. The van der Waals surface area contributed by atoms with E-state index in [1.807, 2.05) is 43.3 Å². The molecule has 2 rings (SSSR count). The van der Waals surface area contributed by atoms with Gasteiger partial charge in [0.05, 0.1) is 0 Å². The van der Waals surface area contributed by atoms with Gasteiger partial charge in [-0.15, -0.1) is 0 Å². The number of hydrogen-bond acceptors (Lipinski definition) is 1. The third kappa shape index (κ3) is 2.83. The van der Waals surface area contributed by atoms with Gasteiger partial charge in [-0.25, -0.2) is 4.39 Å². The molecule has 0 aliphatic carbocycles. The molecule has 0 spiro atoms. The summed E-state index contributed by atoms with van der Waals surface area (Å²) in [5.74, 6) is 0.310. The fourth-order valence-corrected chi connectivity index (χ4v) is 1.53. The lowest BCUT2D eigenvalue weighted by Crippen LogP contribution is -1.95. The molecule has 0 aliphatic rings. The second-order valence-corrected chi connectivity index (χ2v) is 3.74. The Kier molecular flexibility index (Phi) is 3.20. The number of hydrogen-bond donors (Lipinski definition) is 0. The molecule has 0 unspecified atom stereocenters. The Balaban J connectivity index is 2.05. The number of rotatable bonds is 3. The Bertz CT molecular complexity index is 445. The van der Waals surface area contributed by atoms with E-state index in [4.69, 9.17) is 4.74 Å². The van der Waals surface area contributed by atoms with Gasteiger partial charge < -0.3 is 4.74 Å². The Morgan fingerprint density at radius 3 is 2.50 bits per heavy atom. The maximum Gasteiger partial charge on any atom is 0.127 e. The highest BCUT2D eigenvalue weighted by Crippen LogP contribution is 2.17. The van der Waals surface area contributed by atoms with Gasteiger partial charge in [0.1, 0.15) is 18.2 Å². The zero-order valence-electron chi connectivity index (χ0n) is 9.11. The van der Waals surface area contributed by atoms with Crippen LogP contribution in [-0.4, -0.2) is 0 Å². The third-order valence-electron chi connectivity index (χ3n) is 2.26. The maximum absolute atomic E-state index is 13.1. The van der Waals surface area contributed by atoms with Crippen molar-refractivity contribution in [2.24, 2.45) is 0 Å². The second-order valence-electron chi connectivity index (χ2n) is 3.74. The summed E-state index contributed by atoms with van der Waals surface area (Å²) in [6.45, 7) is 2.31. The van der Waals surface area contributed by atoms with Gasteiger partial charge in [-0.3, -0.25) is 0 Å². The van der Waals surface area contributed by atoms with Gasteiger partial charge in [-0.1, -0.05) is 30.3 Å². The summed E-state index contributed by atoms with van der Waals surface area (Å²) in [5, 5.41) is 0. The molecule has 0 amide bonds. The van der Waals surface area contributed by atoms with Crippen molar-refractivity contribution in [1.82, 2.24) is 0 Å². The average molecular weight is 216 g/mol. The van der Waals surface area contributed by atoms with Crippen LogP contribution in [0.3, 0.4) is 0 Å². The molecule has 82 valence electrons. The quantitative estimate of drug-likeness (QED) is 0.759. The molecule has 0 radical (unpaired) electrons. The van der Waals surface area contributed by atoms with Gasteiger partial charge in [0.25, 0.3) is 0 Å². The lowest BCUT2D eigenvalue weighted by molar-refractivity contribution is 0.304. The Labute approximate surface area is 94.5 Å². The van der Waals surface area contributed by atoms with Gasteiger partial charge in [-0.2, -0.15) is 0 Å². The average Bonchev–Trinajstić information content (AvgIpc) is 2.27. The molecule has 1 nitrogen and oxygen atoms in total. The predicted octanol–water partition coefficient (Wildman–Crippen LogP) is 3.71. The van der Waals surface area contributed by atoms with Gasteiger partial charge in [0, 0.05) is 6.07 Å². The van der Waals surface area contributed by atoms with Crippen LogP contribution in [0.5, 0.6) is 5.75 Å². The van der Waals surface area contributed by atoms with E-state index in [1.54, 1.807) is 0 Å². The largest absolute Gasteiger partial charge is 0.489 e. The van der Waals surface area contributed by atoms with E-state index in [2.05, 4.69) is 0 Å². The van der Waals surface area contributed by atoms with Gasteiger partial charge in [0.2, 0.25) is 0 Å². The summed E-state index contributed by atoms with van der Waals surface area (Å²) < 4.78 is 18.6. The van der Waals surface area contributed by atoms with Crippen LogP contribution in [0.2, 0.25) is 0 Å². The third-order valence-corrected chi connectivity index (χ3v) is 2.26. The highest BCUT2D eigenvalue weighted by molar-refractivity contribution is 5.29. The Morgan fingerprint density at radius 2 is 1.81 bits per heavy atom. The highest BCUT2D eigenvalue weighted by atomic mass is 19.1. The Morgan fingerprint density at radius 1 is 1.06 bits per heavy atom. The molecule has 0 aromatic heterocycles. The maximum atomic E-state index is 13.1. The van der Waals surface area contributed by atoms with E-state index in [0.29, 0.717) is 12.4 Å². The molecule has 0 heterocycles. The monoisotopic (exact) mass is 216 g/mol. The summed E-state index contributed by atoms with van der Waals surface area (Å²) in [5.41, 5.74) is 1.94. The molecule has 0 aliphatic heterocycles. The van der Waals surface area contributed by atoms with E-state index in [1.165, 1.54) is 12.1 Å². The molecule has 16 heavy (non-hydrogen) atoms. The lowest BCUT2D eigenvalue weighted by Gasteiger charge is -2.07. The molecule has 0 bridgehead atoms. The van der Waals surface area contributed by atoms with Crippen molar-refractivity contribution in [2.45, 2.75) is 13.5 Å². The predicted molar refractivity (Wildman–Crippen MR) is 61.9 cm³/mol. The molecule has 0 fully saturated rings. The first-order chi connectivity index (χ1) is 7.74. The number of aryl methyl sites for hydroxylation is 1. The lowest BCUT2D eigenvalue weighted by atomic mass is 10.2. The van der Waals surface area contributed by atoms with E-state index in [9.17, 15) is 4.39 Å². The summed E-state index contributed by atoms with van der Waals surface area (Å²) in [6, 6.07) is 14.5. The van der Waals surface area contributed by atoms with Crippen LogP contribution >= 0.6 is 0 Å². The fraction of sp³-hybridized carbons (Fsp3) is 0.143. The van der Waals surface area contributed by atoms with Crippen molar-refractivity contribution >= 4 is 0 Å². The minimum Gasteiger partial charge on any atom is -0.489 e. The molecule has 0 N–H and O–H groups in total. The van der Waals surface area contributed by atoms with Crippen LogP contribution in [0.25, 0.3) is 0 Å². The SMILES string of the molecule is Cc1cc(F)cc(OCc2ccccc2)c1. The summed E-state index contributed by atoms with van der Waals surface area (Å²) in [4.78, 5) is 0. The smallest absolute Gasteiger partial charge is 0.127 e. The first-order valence-electron chi connectivity index (χ1n) is 5.18. The van der Waals surface area contributed by atoms with Crippen LogP contribution in [0.15, 0.2) is 48.5 Å². The highest BCUT2D eigenvalue weighted by Gasteiger charge is 1.99. The minimum atomic E-state index is -0.261. The standard InChI is InChI=1S/C14H13FO/c1-11-7-13(15)9-14(8-11)16-10-12-5-3-2-4-6-12/h2-9H,10H2,1H3. The van der Waals surface area contributed by atoms with Crippen LogP contribution < -0.4 is 4.74 Å². The Hall–Kier alpha value is -1.83. The molecule has 2 heteroatoms. The van der Waals surface area contributed by atoms with Gasteiger partial charge in [0.15, 0.2) is 0 Å². The van der Waals surface area contributed by atoms with Crippen LogP contribution in [0.4, 0.5) is 4.39 Å². The summed E-state index contributed by atoms with van der Waals surface area (Å²) in [7, 11) is 0. The van der Waals surface area contributed by atoms with Gasteiger partial charge in [-0.05, 0) is 30.2 Å². The molecule has 2 aromatic carbocycles. The van der Waals surface area contributed by atoms with Crippen LogP contribution in [0, 0.1) is 12.7 Å². The second kappa shape index (κ2) is 4.79. The van der Waals surface area contributed by atoms with Crippen molar-refractivity contribution in [3.8, 4) is 5.75 Å². The van der Waals surface area contributed by atoms with Crippen molar-refractivity contribution in [2.75, 3.05) is 0 Å². The van der Waals surface area contributed by atoms with E-state index >= 15 is 0 Å². The van der Waals surface area contributed by atoms with E-state index in [-0.39, 0.29) is 5.82 Å².